The second-order valence-corrected chi connectivity index (χ2v) is 5.29. The molecule has 0 radical (unpaired) electrons. The summed E-state index contributed by atoms with van der Waals surface area (Å²) in [5.41, 5.74) is 0.344. The Morgan fingerprint density at radius 1 is 1.39 bits per heavy atom. The molecule has 1 amide bonds. The summed E-state index contributed by atoms with van der Waals surface area (Å²) in [6.07, 6.45) is 0.995. The molecule has 1 aromatic carbocycles. The average Bonchev–Trinajstić information content (AvgIpc) is 2.49. The zero-order valence-electron chi connectivity index (χ0n) is 13.0. The summed E-state index contributed by atoms with van der Waals surface area (Å²) < 4.78 is 33.9. The molecule has 1 fully saturated rings. The van der Waals surface area contributed by atoms with Crippen LogP contribution in [0.2, 0.25) is 0 Å². The van der Waals surface area contributed by atoms with Gasteiger partial charge in [-0.15, -0.1) is 12.4 Å². The van der Waals surface area contributed by atoms with Crippen LogP contribution in [0.3, 0.4) is 0 Å². The van der Waals surface area contributed by atoms with E-state index in [1.807, 2.05) is 0 Å². The van der Waals surface area contributed by atoms with Gasteiger partial charge in [0.05, 0.1) is 7.11 Å². The molecule has 0 spiro atoms. The highest BCUT2D eigenvalue weighted by Gasteiger charge is 2.23. The Morgan fingerprint density at radius 3 is 2.74 bits per heavy atom. The lowest BCUT2D eigenvalue weighted by atomic mass is 9.94. The van der Waals surface area contributed by atoms with Crippen LogP contribution in [0.1, 0.15) is 23.7 Å². The van der Waals surface area contributed by atoms with Gasteiger partial charge in [0.15, 0.2) is 11.5 Å². The summed E-state index contributed by atoms with van der Waals surface area (Å²) in [6, 6.07) is 4.19. The Balaban J connectivity index is 0.00000264. The molecule has 8 heteroatoms. The van der Waals surface area contributed by atoms with E-state index in [0.29, 0.717) is 11.5 Å². The SMILES string of the molecule is COc1cc(C(=O)NC2CNCCC2C)ccc1OC(F)F.Cl. The van der Waals surface area contributed by atoms with E-state index in [9.17, 15) is 13.6 Å². The second-order valence-electron chi connectivity index (χ2n) is 5.29. The monoisotopic (exact) mass is 350 g/mol. The van der Waals surface area contributed by atoms with Crippen molar-refractivity contribution in [2.24, 2.45) is 5.92 Å². The Morgan fingerprint density at radius 2 is 2.13 bits per heavy atom. The predicted molar refractivity (Wildman–Crippen MR) is 84.8 cm³/mol. The number of hydrogen-bond acceptors (Lipinski definition) is 4. The highest BCUT2D eigenvalue weighted by atomic mass is 35.5. The zero-order valence-corrected chi connectivity index (χ0v) is 13.8. The standard InChI is InChI=1S/C15H20F2N2O3.ClH/c1-9-5-6-18-8-11(9)19-14(20)10-3-4-12(22-15(16)17)13(7-10)21-2;/h3-4,7,9,11,15,18H,5-6,8H2,1-2H3,(H,19,20);1H. The number of ether oxygens (including phenoxy) is 2. The maximum Gasteiger partial charge on any atom is 0.387 e. The zero-order chi connectivity index (χ0) is 16.1. The van der Waals surface area contributed by atoms with Gasteiger partial charge in [-0.2, -0.15) is 8.78 Å². The topological polar surface area (TPSA) is 59.6 Å². The van der Waals surface area contributed by atoms with Crippen molar-refractivity contribution in [2.45, 2.75) is 26.0 Å². The first kappa shape index (κ1) is 19.4. The van der Waals surface area contributed by atoms with Crippen molar-refractivity contribution < 1.29 is 23.0 Å². The minimum absolute atomic E-state index is 0. The van der Waals surface area contributed by atoms with E-state index in [2.05, 4.69) is 22.3 Å². The number of nitrogens with one attached hydrogen (secondary N) is 2. The number of hydrogen-bond donors (Lipinski definition) is 2. The van der Waals surface area contributed by atoms with Crippen molar-refractivity contribution in [1.29, 1.82) is 0 Å². The van der Waals surface area contributed by atoms with Gasteiger partial charge < -0.3 is 20.1 Å². The fourth-order valence-corrected chi connectivity index (χ4v) is 2.44. The smallest absolute Gasteiger partial charge is 0.387 e. The van der Waals surface area contributed by atoms with Crippen molar-refractivity contribution >= 4 is 18.3 Å². The highest BCUT2D eigenvalue weighted by molar-refractivity contribution is 5.95. The fourth-order valence-electron chi connectivity index (χ4n) is 2.44. The van der Waals surface area contributed by atoms with Crippen molar-refractivity contribution in [3.8, 4) is 11.5 Å². The second kappa shape index (κ2) is 8.88. The van der Waals surface area contributed by atoms with Crippen LogP contribution >= 0.6 is 12.4 Å². The van der Waals surface area contributed by atoms with Gasteiger partial charge in [0, 0.05) is 18.2 Å². The molecule has 1 aromatic rings. The third-order valence-corrected chi connectivity index (χ3v) is 3.79. The summed E-state index contributed by atoms with van der Waals surface area (Å²) in [5, 5.41) is 6.18. The van der Waals surface area contributed by atoms with Gasteiger partial charge in [0.1, 0.15) is 0 Å². The molecule has 23 heavy (non-hydrogen) atoms. The average molecular weight is 351 g/mol. The molecule has 0 aromatic heterocycles. The van der Waals surface area contributed by atoms with Crippen LogP contribution in [0.4, 0.5) is 8.78 Å². The molecule has 2 rings (SSSR count). The first-order valence-electron chi connectivity index (χ1n) is 7.15. The molecule has 1 aliphatic rings. The summed E-state index contributed by atoms with van der Waals surface area (Å²) in [5.74, 6) is 0.125. The van der Waals surface area contributed by atoms with Gasteiger partial charge in [0.25, 0.3) is 5.91 Å². The maximum atomic E-state index is 12.3. The van der Waals surface area contributed by atoms with E-state index >= 15 is 0 Å². The molecule has 130 valence electrons. The van der Waals surface area contributed by atoms with Crippen molar-refractivity contribution in [1.82, 2.24) is 10.6 Å². The lowest BCUT2D eigenvalue weighted by molar-refractivity contribution is -0.0512. The number of carbonyl (C=O) groups is 1. The Bertz CT molecular complexity index is 531. The number of piperidine rings is 1. The van der Waals surface area contributed by atoms with Crippen LogP contribution in [-0.4, -0.2) is 38.8 Å². The molecule has 2 unspecified atom stereocenters. The number of alkyl halides is 2. The fraction of sp³-hybridized carbons (Fsp3) is 0.533. The highest BCUT2D eigenvalue weighted by Crippen LogP contribution is 2.29. The minimum Gasteiger partial charge on any atom is -0.493 e. The largest absolute Gasteiger partial charge is 0.493 e. The Hall–Kier alpha value is -1.60. The molecule has 5 nitrogen and oxygen atoms in total. The summed E-state index contributed by atoms with van der Waals surface area (Å²) >= 11 is 0. The lowest BCUT2D eigenvalue weighted by Gasteiger charge is -2.30. The van der Waals surface area contributed by atoms with E-state index in [0.717, 1.165) is 19.5 Å². The van der Waals surface area contributed by atoms with E-state index in [-0.39, 0.29) is 35.9 Å². The molecule has 2 atom stereocenters. The number of methoxy groups -OCH3 is 1. The van der Waals surface area contributed by atoms with Crippen molar-refractivity contribution in [3.05, 3.63) is 23.8 Å². The molecule has 0 saturated carbocycles. The van der Waals surface area contributed by atoms with Gasteiger partial charge in [0.2, 0.25) is 0 Å². The van der Waals surface area contributed by atoms with Gasteiger partial charge >= 0.3 is 6.61 Å². The van der Waals surface area contributed by atoms with E-state index in [1.54, 1.807) is 0 Å². The molecule has 1 aliphatic heterocycles. The van der Waals surface area contributed by atoms with Crippen LogP contribution in [0.5, 0.6) is 11.5 Å². The third-order valence-electron chi connectivity index (χ3n) is 3.79. The van der Waals surface area contributed by atoms with Crippen LogP contribution in [-0.2, 0) is 0 Å². The van der Waals surface area contributed by atoms with Crippen LogP contribution in [0, 0.1) is 5.92 Å². The molecular weight excluding hydrogens is 330 g/mol. The summed E-state index contributed by atoms with van der Waals surface area (Å²) in [4.78, 5) is 12.3. The van der Waals surface area contributed by atoms with Crippen LogP contribution < -0.4 is 20.1 Å². The minimum atomic E-state index is -2.94. The molecule has 1 saturated heterocycles. The molecule has 0 bridgehead atoms. The molecular formula is C15H21ClF2N2O3. The van der Waals surface area contributed by atoms with Crippen molar-refractivity contribution in [3.63, 3.8) is 0 Å². The number of carbonyl (C=O) groups excluding carboxylic acids is 1. The normalized spacial score (nSPS) is 20.6. The van der Waals surface area contributed by atoms with E-state index < -0.39 is 6.61 Å². The number of benzene rings is 1. The van der Waals surface area contributed by atoms with Crippen LogP contribution in [0.25, 0.3) is 0 Å². The lowest BCUT2D eigenvalue weighted by Crippen LogP contribution is -2.50. The first-order valence-corrected chi connectivity index (χ1v) is 7.15. The maximum absolute atomic E-state index is 12.3. The predicted octanol–water partition coefficient (Wildman–Crippen LogP) is 2.45. The Labute approximate surface area is 140 Å². The number of rotatable bonds is 5. The molecule has 2 N–H and O–H groups in total. The quantitative estimate of drug-likeness (QED) is 0.856. The molecule has 1 heterocycles. The molecule has 0 aliphatic carbocycles. The van der Waals surface area contributed by atoms with Gasteiger partial charge in [-0.3, -0.25) is 4.79 Å². The van der Waals surface area contributed by atoms with Gasteiger partial charge in [-0.05, 0) is 37.1 Å². The Kier molecular flexibility index (Phi) is 7.51. The summed E-state index contributed by atoms with van der Waals surface area (Å²) in [7, 11) is 1.34. The van der Waals surface area contributed by atoms with Gasteiger partial charge in [-0.1, -0.05) is 6.92 Å². The number of amides is 1. The van der Waals surface area contributed by atoms with E-state index in [1.165, 1.54) is 25.3 Å². The van der Waals surface area contributed by atoms with Gasteiger partial charge in [-0.25, -0.2) is 0 Å². The van der Waals surface area contributed by atoms with Crippen LogP contribution in [0.15, 0.2) is 18.2 Å². The summed E-state index contributed by atoms with van der Waals surface area (Å²) in [6.45, 7) is 0.812. The van der Waals surface area contributed by atoms with Crippen molar-refractivity contribution in [2.75, 3.05) is 20.2 Å². The third kappa shape index (κ3) is 5.21. The number of halogens is 3. The van der Waals surface area contributed by atoms with E-state index in [4.69, 9.17) is 4.74 Å². The first-order chi connectivity index (χ1) is 10.5.